The van der Waals surface area contributed by atoms with Crippen LogP contribution in [0.25, 0.3) is 0 Å². The Labute approximate surface area is 200 Å². The molecule has 1 radical (unpaired) electrons. The van der Waals surface area contributed by atoms with Crippen LogP contribution in [0.4, 0.5) is 0 Å². The molecule has 2 rings (SSSR count). The van der Waals surface area contributed by atoms with Gasteiger partial charge in [-0.2, -0.15) is 6.08 Å². The number of allylic oxidation sites excluding steroid dienone is 7. The Hall–Kier alpha value is 0.821. The smallest absolute Gasteiger partial charge is 1.00 e. The Balaban J connectivity index is 0. The maximum atomic E-state index is 3.69. The summed E-state index contributed by atoms with van der Waals surface area (Å²) in [6, 6.07) is 0. The van der Waals surface area contributed by atoms with Gasteiger partial charge in [0.2, 0.25) is 0 Å². The fraction of sp³-hybridized carbons (Fsp3) is 0.636. The second-order valence-electron chi connectivity index (χ2n) is 9.82. The summed E-state index contributed by atoms with van der Waals surface area (Å²) in [7, 11) is -1.76. The standard InChI is InChI=1S/C22H35SSi.2ClH.Ti/c1-17-14-15-22(23-21(5,6)7,19(16-17)20(2,3)4)24(8,9)18-12-10-11-13-18;;;/h10,12,14,16H,11,15H2,1-9H3;2*1H;/q-1;;;+3/p-2. The number of hydrogen-bond donors (Lipinski definition) is 0. The van der Waals surface area contributed by atoms with E-state index in [0.29, 0.717) is 0 Å². The molecule has 0 N–H and O–H groups in total. The summed E-state index contributed by atoms with van der Waals surface area (Å²) in [4.78, 5) is 0. The van der Waals surface area contributed by atoms with Gasteiger partial charge in [0.05, 0.1) is 8.07 Å². The van der Waals surface area contributed by atoms with Crippen molar-refractivity contribution in [2.24, 2.45) is 5.41 Å². The fourth-order valence-electron chi connectivity index (χ4n) is 4.03. The summed E-state index contributed by atoms with van der Waals surface area (Å²) in [5, 5.41) is 1.52. The van der Waals surface area contributed by atoms with Crippen LogP contribution >= 0.6 is 11.8 Å². The molecule has 0 bridgehead atoms. The molecule has 151 valence electrons. The van der Waals surface area contributed by atoms with Gasteiger partial charge in [-0.3, -0.25) is 6.08 Å². The molecule has 0 saturated carbocycles. The largest absolute Gasteiger partial charge is 3.00 e. The molecule has 1 atom stereocenters. The fourth-order valence-corrected chi connectivity index (χ4v) is 11.2. The van der Waals surface area contributed by atoms with Crippen LogP contribution in [-0.4, -0.2) is 17.2 Å². The first-order chi connectivity index (χ1) is 10.8. The van der Waals surface area contributed by atoms with E-state index in [0.717, 1.165) is 12.8 Å². The zero-order chi connectivity index (χ0) is 18.4. The molecule has 0 nitrogen and oxygen atoms in total. The number of halogens is 2. The zero-order valence-corrected chi connectivity index (χ0v) is 23.3. The minimum Gasteiger partial charge on any atom is -1.00 e. The molecule has 0 spiro atoms. The van der Waals surface area contributed by atoms with Crippen molar-refractivity contribution in [3.05, 3.63) is 46.7 Å². The van der Waals surface area contributed by atoms with Crippen molar-refractivity contribution in [1.82, 2.24) is 0 Å². The first-order valence-electron chi connectivity index (χ1n) is 9.17. The van der Waals surface area contributed by atoms with Crippen LogP contribution < -0.4 is 24.8 Å². The van der Waals surface area contributed by atoms with Gasteiger partial charge in [0, 0.05) is 9.12 Å². The van der Waals surface area contributed by atoms with E-state index in [1.54, 1.807) is 5.57 Å². The number of thioether (sulfide) groups is 1. The predicted octanol–water partition coefficient (Wildman–Crippen LogP) is 1.06. The maximum absolute atomic E-state index is 3.69. The van der Waals surface area contributed by atoms with E-state index in [1.807, 2.05) is 0 Å². The molecule has 0 aromatic rings. The predicted molar refractivity (Wildman–Crippen MR) is 114 cm³/mol. The van der Waals surface area contributed by atoms with Crippen LogP contribution in [0.2, 0.25) is 13.1 Å². The van der Waals surface area contributed by atoms with Gasteiger partial charge >= 0.3 is 21.7 Å². The first kappa shape index (κ1) is 30.0. The van der Waals surface area contributed by atoms with E-state index in [1.165, 1.54) is 10.8 Å². The molecule has 0 heterocycles. The van der Waals surface area contributed by atoms with Crippen LogP contribution in [0.5, 0.6) is 0 Å². The van der Waals surface area contributed by atoms with Gasteiger partial charge in [0.25, 0.3) is 0 Å². The minimum absolute atomic E-state index is 0. The summed E-state index contributed by atoms with van der Waals surface area (Å²) in [5.41, 5.74) is 3.25. The van der Waals surface area contributed by atoms with E-state index < -0.39 is 8.07 Å². The van der Waals surface area contributed by atoms with Crippen LogP contribution in [-0.2, 0) is 21.7 Å². The molecule has 0 aromatic carbocycles. The molecule has 1 unspecified atom stereocenters. The van der Waals surface area contributed by atoms with Crippen molar-refractivity contribution in [1.29, 1.82) is 0 Å². The molecule has 2 aliphatic carbocycles. The molecule has 0 fully saturated rings. The van der Waals surface area contributed by atoms with Gasteiger partial charge in [-0.25, -0.2) is 11.3 Å². The van der Waals surface area contributed by atoms with Gasteiger partial charge in [-0.1, -0.05) is 77.9 Å². The van der Waals surface area contributed by atoms with Crippen LogP contribution in [0.15, 0.2) is 40.6 Å². The van der Waals surface area contributed by atoms with Crippen molar-refractivity contribution in [2.75, 3.05) is 0 Å². The molecule has 2 aliphatic rings. The van der Waals surface area contributed by atoms with Gasteiger partial charge in [-0.15, -0.1) is 18.2 Å². The summed E-state index contributed by atoms with van der Waals surface area (Å²) < 4.78 is 0.427. The second-order valence-corrected chi connectivity index (χ2v) is 17.0. The molecule has 0 amide bonds. The quantitative estimate of drug-likeness (QED) is 0.432. The Morgan fingerprint density at radius 2 is 1.63 bits per heavy atom. The van der Waals surface area contributed by atoms with Crippen molar-refractivity contribution < 1.29 is 46.5 Å². The number of rotatable bonds is 3. The van der Waals surface area contributed by atoms with Gasteiger partial charge in [-0.05, 0) is 18.8 Å². The molecular formula is C22H35Cl2SSiTi. The van der Waals surface area contributed by atoms with E-state index in [9.17, 15) is 0 Å². The normalized spacial score (nSPS) is 22.6. The summed E-state index contributed by atoms with van der Waals surface area (Å²) in [5.74, 6) is 0. The van der Waals surface area contributed by atoms with Crippen LogP contribution in [0.1, 0.15) is 61.3 Å². The molecule has 0 saturated heterocycles. The second kappa shape index (κ2) is 10.2. The minimum atomic E-state index is -1.76. The Morgan fingerprint density at radius 1 is 1.07 bits per heavy atom. The summed E-state index contributed by atoms with van der Waals surface area (Å²) in [6.45, 7) is 21.7. The maximum Gasteiger partial charge on any atom is 3.00 e. The van der Waals surface area contributed by atoms with Crippen LogP contribution in [0.3, 0.4) is 0 Å². The third-order valence-electron chi connectivity index (χ3n) is 5.18. The van der Waals surface area contributed by atoms with Gasteiger partial charge < -0.3 is 24.8 Å². The van der Waals surface area contributed by atoms with E-state index >= 15 is 0 Å². The van der Waals surface area contributed by atoms with Crippen molar-refractivity contribution in [3.63, 3.8) is 0 Å². The van der Waals surface area contributed by atoms with Gasteiger partial charge in [0.1, 0.15) is 0 Å². The van der Waals surface area contributed by atoms with Crippen LogP contribution in [0, 0.1) is 11.5 Å². The molecular weight excluding hydrogens is 443 g/mol. The molecule has 0 aliphatic heterocycles. The van der Waals surface area contributed by atoms with E-state index in [4.69, 9.17) is 0 Å². The third kappa shape index (κ3) is 6.40. The Bertz CT molecular complexity index is 634. The average molecular weight is 478 g/mol. The molecule has 0 aromatic heterocycles. The third-order valence-corrected chi connectivity index (χ3v) is 12.6. The van der Waals surface area contributed by atoms with E-state index in [-0.39, 0.29) is 61.1 Å². The molecule has 27 heavy (non-hydrogen) atoms. The average Bonchev–Trinajstić information content (AvgIpc) is 2.92. The Kier molecular flexibility index (Phi) is 11.4. The molecule has 5 heteroatoms. The summed E-state index contributed by atoms with van der Waals surface area (Å²) in [6.07, 6.45) is 15.5. The summed E-state index contributed by atoms with van der Waals surface area (Å²) >= 11 is 2.21. The monoisotopic (exact) mass is 477 g/mol. The number of hydrogen-bond acceptors (Lipinski definition) is 1. The first-order valence-corrected chi connectivity index (χ1v) is 13.0. The topological polar surface area (TPSA) is 0 Å². The van der Waals surface area contributed by atoms with Crippen molar-refractivity contribution in [3.8, 4) is 0 Å². The zero-order valence-electron chi connectivity index (χ0n) is 18.4. The van der Waals surface area contributed by atoms with Crippen molar-refractivity contribution in [2.45, 2.75) is 83.5 Å². The van der Waals surface area contributed by atoms with E-state index in [2.05, 4.69) is 104 Å². The SMILES string of the molecule is CC1=CCC(SC(C)(C)C)([Si](C)(C)C2=[C-]CC=C2)C(C(C)(C)C)=C1.[Cl-].[Cl-].[Ti+3]. The van der Waals surface area contributed by atoms with Crippen molar-refractivity contribution >= 4 is 19.8 Å². The van der Waals surface area contributed by atoms with Gasteiger partial charge in [0.15, 0.2) is 0 Å². The Morgan fingerprint density at radius 3 is 2.04 bits per heavy atom.